The van der Waals surface area contributed by atoms with Crippen molar-refractivity contribution in [3.05, 3.63) is 70.7 Å². The molecule has 0 radical (unpaired) electrons. The number of nitrogens with one attached hydrogen (secondary N) is 2. The Labute approximate surface area is 188 Å². The summed E-state index contributed by atoms with van der Waals surface area (Å²) in [7, 11) is 1.70. The summed E-state index contributed by atoms with van der Waals surface area (Å²) in [6.45, 7) is 7.33. The van der Waals surface area contributed by atoms with Crippen molar-refractivity contribution in [3.63, 3.8) is 0 Å². The first-order valence-corrected chi connectivity index (χ1v) is 9.78. The van der Waals surface area contributed by atoms with Gasteiger partial charge in [0.1, 0.15) is 5.69 Å². The minimum atomic E-state index is -4.64. The van der Waals surface area contributed by atoms with E-state index in [-0.39, 0.29) is 5.56 Å². The third-order valence-electron chi connectivity index (χ3n) is 4.77. The summed E-state index contributed by atoms with van der Waals surface area (Å²) in [6, 6.07) is 7.17. The lowest BCUT2D eigenvalue weighted by molar-refractivity contribution is -0.141. The van der Waals surface area contributed by atoms with E-state index in [9.17, 15) is 18.0 Å². The Morgan fingerprint density at radius 2 is 1.94 bits per heavy atom. The highest BCUT2D eigenvalue weighted by atomic mass is 19.4. The molecular weight excluding hydrogens is 433 g/mol. The zero-order valence-corrected chi connectivity index (χ0v) is 18.2. The van der Waals surface area contributed by atoms with Crippen molar-refractivity contribution in [2.45, 2.75) is 20.0 Å². The molecule has 1 amide bonds. The van der Waals surface area contributed by atoms with Gasteiger partial charge in [0.05, 0.1) is 0 Å². The molecule has 170 valence electrons. The summed E-state index contributed by atoms with van der Waals surface area (Å²) < 4.78 is 38.7. The lowest BCUT2D eigenvalue weighted by atomic mass is 9.99. The van der Waals surface area contributed by atoms with E-state index < -0.39 is 17.8 Å². The van der Waals surface area contributed by atoms with E-state index in [1.165, 1.54) is 6.07 Å². The highest BCUT2D eigenvalue weighted by Crippen LogP contribution is 2.29. The number of aromatic nitrogens is 3. The number of carbonyl (C=O) groups excluding carboxylic acids is 1. The van der Waals surface area contributed by atoms with Crippen LogP contribution < -0.4 is 10.6 Å². The van der Waals surface area contributed by atoms with Crippen molar-refractivity contribution >= 4 is 41.7 Å². The molecule has 0 saturated carbocycles. The van der Waals surface area contributed by atoms with Crippen molar-refractivity contribution in [1.29, 1.82) is 0 Å². The fraction of sp³-hybridized carbons (Fsp3) is 0.174. The lowest BCUT2D eigenvalue weighted by Crippen LogP contribution is -2.15. The summed E-state index contributed by atoms with van der Waals surface area (Å²) in [5.41, 5.74) is 2.43. The maximum absolute atomic E-state index is 12.9. The van der Waals surface area contributed by atoms with Crippen molar-refractivity contribution in [1.82, 2.24) is 15.0 Å². The number of nitrogens with zero attached hydrogens (tertiary/aromatic N) is 4. The lowest BCUT2D eigenvalue weighted by Gasteiger charge is -2.12. The number of carbonyl (C=O) groups is 1. The van der Waals surface area contributed by atoms with Crippen molar-refractivity contribution in [3.8, 4) is 0 Å². The van der Waals surface area contributed by atoms with Gasteiger partial charge in [-0.25, -0.2) is 9.98 Å². The summed E-state index contributed by atoms with van der Waals surface area (Å²) in [4.78, 5) is 28.2. The van der Waals surface area contributed by atoms with Crippen LogP contribution in [0.5, 0.6) is 0 Å². The van der Waals surface area contributed by atoms with Crippen molar-refractivity contribution in [2.24, 2.45) is 4.99 Å². The molecule has 0 fully saturated rings. The highest BCUT2D eigenvalue weighted by Gasteiger charge is 2.33. The second-order valence-electron chi connectivity index (χ2n) is 7.12. The van der Waals surface area contributed by atoms with Gasteiger partial charge < -0.3 is 10.6 Å². The summed E-state index contributed by atoms with van der Waals surface area (Å²) >= 11 is 0. The van der Waals surface area contributed by atoms with Gasteiger partial charge in [-0.05, 0) is 67.6 Å². The third-order valence-corrected chi connectivity index (χ3v) is 4.77. The van der Waals surface area contributed by atoms with E-state index in [1.54, 1.807) is 25.4 Å². The molecule has 0 aliphatic carbocycles. The number of hydrogen-bond acceptors (Lipinski definition) is 6. The molecule has 1 aromatic carbocycles. The number of rotatable bonds is 6. The molecule has 2 aromatic heterocycles. The molecule has 0 bridgehead atoms. The van der Waals surface area contributed by atoms with E-state index in [0.717, 1.165) is 22.9 Å². The Morgan fingerprint density at radius 1 is 1.18 bits per heavy atom. The Hall–Kier alpha value is -4.08. The van der Waals surface area contributed by atoms with Crippen LogP contribution in [0.25, 0.3) is 11.6 Å². The van der Waals surface area contributed by atoms with Crippen LogP contribution in [0.4, 0.5) is 30.6 Å². The first-order valence-electron chi connectivity index (χ1n) is 9.78. The van der Waals surface area contributed by atoms with Gasteiger partial charge in [0, 0.05) is 36.3 Å². The molecule has 0 aliphatic heterocycles. The molecular formula is C23H21F3N6O. The maximum atomic E-state index is 12.9. The minimum Gasteiger partial charge on any atom is -0.357 e. The maximum Gasteiger partial charge on any atom is 0.433 e. The molecule has 2 heterocycles. The number of anilines is 2. The summed E-state index contributed by atoms with van der Waals surface area (Å²) in [5.74, 6) is 0.153. The highest BCUT2D eigenvalue weighted by molar-refractivity contribution is 6.04. The second-order valence-corrected chi connectivity index (χ2v) is 7.12. The van der Waals surface area contributed by atoms with Crippen molar-refractivity contribution in [2.75, 3.05) is 17.7 Å². The van der Waals surface area contributed by atoms with E-state index in [4.69, 9.17) is 0 Å². The molecule has 3 rings (SSSR count). The van der Waals surface area contributed by atoms with Gasteiger partial charge in [-0.1, -0.05) is 6.07 Å². The number of allylic oxidation sites excluding steroid dienone is 1. The van der Waals surface area contributed by atoms with Gasteiger partial charge in [0.2, 0.25) is 5.95 Å². The van der Waals surface area contributed by atoms with Crippen LogP contribution in [0, 0.1) is 6.92 Å². The number of halogens is 3. The number of pyridine rings is 1. The topological polar surface area (TPSA) is 92.2 Å². The van der Waals surface area contributed by atoms with Crippen LogP contribution >= 0.6 is 0 Å². The third kappa shape index (κ3) is 5.59. The first-order chi connectivity index (χ1) is 15.6. The Bertz CT molecular complexity index is 1240. The number of alkyl halides is 3. The number of aliphatic imine (C=N–C) groups is 1. The van der Waals surface area contributed by atoms with Gasteiger partial charge >= 0.3 is 6.18 Å². The molecule has 0 unspecified atom stereocenters. The van der Waals surface area contributed by atoms with Gasteiger partial charge in [-0.15, -0.1) is 0 Å². The standard InChI is InChI=1S/C23H21F3N6O/c1-13-5-6-17(31-21(33)15-7-8-29-19(10-15)23(24,25)26)11-18(13)14(2)9-16-12-30-22(28-4)32-20(16)27-3/h5-12H,3H2,1-2,4H3,(H,31,33)(H,28,30,32)/b14-9+. The predicted octanol–water partition coefficient (Wildman–Crippen LogP) is 5.39. The van der Waals surface area contributed by atoms with E-state index >= 15 is 0 Å². The van der Waals surface area contributed by atoms with Crippen molar-refractivity contribution < 1.29 is 18.0 Å². The number of aryl methyl sites for hydroxylation is 1. The van der Waals surface area contributed by atoms with E-state index in [0.29, 0.717) is 29.1 Å². The smallest absolute Gasteiger partial charge is 0.357 e. The fourth-order valence-electron chi connectivity index (χ4n) is 3.10. The number of hydrogen-bond donors (Lipinski definition) is 2. The zero-order valence-electron chi connectivity index (χ0n) is 18.2. The molecule has 0 spiro atoms. The molecule has 0 aliphatic rings. The SMILES string of the molecule is C=Nc1nc(NC)ncc1/C=C(\C)c1cc(NC(=O)c2ccnc(C(F)(F)F)c2)ccc1C. The van der Waals surface area contributed by atoms with Crippen LogP contribution in [-0.2, 0) is 6.18 Å². The van der Waals surface area contributed by atoms with Crippen LogP contribution in [0.3, 0.4) is 0 Å². The van der Waals surface area contributed by atoms with E-state index in [2.05, 4.69) is 37.3 Å². The predicted molar refractivity (Wildman–Crippen MR) is 123 cm³/mol. The second kappa shape index (κ2) is 9.60. The monoisotopic (exact) mass is 454 g/mol. The average molecular weight is 454 g/mol. The quantitative estimate of drug-likeness (QED) is 0.488. The summed E-state index contributed by atoms with van der Waals surface area (Å²) in [6.07, 6.45) is -0.216. The Morgan fingerprint density at radius 3 is 2.61 bits per heavy atom. The van der Waals surface area contributed by atoms with Gasteiger partial charge in [0.25, 0.3) is 5.91 Å². The van der Waals surface area contributed by atoms with Crippen LogP contribution in [0.1, 0.15) is 39.7 Å². The molecule has 0 atom stereocenters. The van der Waals surface area contributed by atoms with Gasteiger partial charge in [-0.3, -0.25) is 9.78 Å². The summed E-state index contributed by atoms with van der Waals surface area (Å²) in [5, 5.41) is 5.47. The minimum absolute atomic E-state index is 0.143. The van der Waals surface area contributed by atoms with Crippen LogP contribution in [-0.4, -0.2) is 34.6 Å². The first kappa shape index (κ1) is 23.6. The average Bonchev–Trinajstić information content (AvgIpc) is 2.80. The van der Waals surface area contributed by atoms with Gasteiger partial charge in [0.15, 0.2) is 5.82 Å². The molecule has 0 saturated heterocycles. The fourth-order valence-corrected chi connectivity index (χ4v) is 3.10. The van der Waals surface area contributed by atoms with E-state index in [1.807, 2.05) is 26.0 Å². The normalized spacial score (nSPS) is 11.8. The molecule has 33 heavy (non-hydrogen) atoms. The molecule has 7 nitrogen and oxygen atoms in total. The van der Waals surface area contributed by atoms with Crippen LogP contribution in [0.2, 0.25) is 0 Å². The van der Waals surface area contributed by atoms with Gasteiger partial charge in [-0.2, -0.15) is 18.2 Å². The number of amides is 1. The Kier molecular flexibility index (Phi) is 6.86. The molecule has 2 N–H and O–H groups in total. The molecule has 3 aromatic rings. The number of benzene rings is 1. The zero-order chi connectivity index (χ0) is 24.2. The van der Waals surface area contributed by atoms with Crippen LogP contribution in [0.15, 0.2) is 47.7 Å². The Balaban J connectivity index is 1.89. The largest absolute Gasteiger partial charge is 0.433 e. The molecule has 10 heteroatoms.